The minimum absolute atomic E-state index is 0.112. The van der Waals surface area contributed by atoms with Crippen LogP contribution in [0.1, 0.15) is 60.3 Å². The number of carbonyl (C=O) groups excluding carboxylic acids is 3. The van der Waals surface area contributed by atoms with Crippen molar-refractivity contribution in [2.45, 2.75) is 44.1 Å². The van der Waals surface area contributed by atoms with Gasteiger partial charge in [-0.25, -0.2) is 0 Å². The summed E-state index contributed by atoms with van der Waals surface area (Å²) in [5.41, 5.74) is 4.61. The molecule has 0 spiro atoms. The van der Waals surface area contributed by atoms with Crippen LogP contribution in [0.25, 0.3) is 0 Å². The van der Waals surface area contributed by atoms with Crippen molar-refractivity contribution in [3.05, 3.63) is 70.8 Å². The van der Waals surface area contributed by atoms with Gasteiger partial charge in [-0.15, -0.1) is 0 Å². The van der Waals surface area contributed by atoms with Gasteiger partial charge in [-0.1, -0.05) is 68.3 Å². The molecular weight excluding hydrogens is 428 g/mol. The number of amides is 3. The van der Waals surface area contributed by atoms with Crippen LogP contribution in [0.5, 0.6) is 0 Å². The van der Waals surface area contributed by atoms with Gasteiger partial charge in [-0.2, -0.15) is 0 Å². The molecule has 2 heterocycles. The highest BCUT2D eigenvalue weighted by molar-refractivity contribution is 6.10. The summed E-state index contributed by atoms with van der Waals surface area (Å²) in [6.45, 7) is 4.07. The first-order valence-corrected chi connectivity index (χ1v) is 12.5. The first kappa shape index (κ1) is 21.5. The summed E-state index contributed by atoms with van der Waals surface area (Å²) in [4.78, 5) is 44.9. The lowest BCUT2D eigenvalue weighted by atomic mass is 9.55. The van der Waals surface area contributed by atoms with Gasteiger partial charge in [-0.3, -0.25) is 19.3 Å². The normalized spacial score (nSPS) is 27.9. The maximum absolute atomic E-state index is 14.1. The van der Waals surface area contributed by atoms with Crippen LogP contribution in [-0.2, 0) is 19.1 Å². The number of nitrogens with zero attached hydrogens (tertiary/aromatic N) is 2. The van der Waals surface area contributed by atoms with Crippen LogP contribution in [0.3, 0.4) is 0 Å². The van der Waals surface area contributed by atoms with Crippen molar-refractivity contribution in [2.75, 3.05) is 26.3 Å². The number of benzene rings is 2. The lowest BCUT2D eigenvalue weighted by Gasteiger charge is -2.45. The van der Waals surface area contributed by atoms with Gasteiger partial charge in [0, 0.05) is 24.9 Å². The van der Waals surface area contributed by atoms with E-state index in [9.17, 15) is 14.4 Å². The molecule has 0 saturated carbocycles. The largest absolute Gasteiger partial charge is 0.378 e. The van der Waals surface area contributed by atoms with Gasteiger partial charge in [0.05, 0.1) is 25.0 Å². The van der Waals surface area contributed by atoms with Crippen molar-refractivity contribution in [1.29, 1.82) is 0 Å². The van der Waals surface area contributed by atoms with Crippen molar-refractivity contribution in [3.8, 4) is 0 Å². The SMILES string of the molecule is CCCC[C@H](C(=O)N1CCOCC1)N1C(=O)[C@@H]2C3c4ccccc4C(c4ccccc43)[C@H]2C1=O. The third-order valence-corrected chi connectivity index (χ3v) is 8.23. The Morgan fingerprint density at radius 3 is 1.79 bits per heavy atom. The standard InChI is InChI=1S/C28H30N2O4/c1-2-3-12-21(26(31)29-13-15-34-16-14-29)30-27(32)24-22-17-8-4-5-9-18(17)23(25(24)28(30)33)20-11-7-6-10-19(20)22/h4-11,21-25H,2-3,12-16H2,1H3/t21-,22?,23?,24-,25-/m1/s1. The van der Waals surface area contributed by atoms with Crippen LogP contribution in [-0.4, -0.2) is 59.9 Å². The molecule has 3 aliphatic carbocycles. The summed E-state index contributed by atoms with van der Waals surface area (Å²) < 4.78 is 5.42. The molecule has 2 aromatic carbocycles. The number of imide groups is 1. The number of morpholine rings is 1. The van der Waals surface area contributed by atoms with Crippen molar-refractivity contribution in [3.63, 3.8) is 0 Å². The van der Waals surface area contributed by atoms with E-state index in [1.54, 1.807) is 4.90 Å². The maximum Gasteiger partial charge on any atom is 0.246 e. The van der Waals surface area contributed by atoms with Gasteiger partial charge >= 0.3 is 0 Å². The predicted octanol–water partition coefficient (Wildman–Crippen LogP) is 3.30. The van der Waals surface area contributed by atoms with Crippen LogP contribution in [0.4, 0.5) is 0 Å². The highest BCUT2D eigenvalue weighted by Crippen LogP contribution is 2.61. The summed E-state index contributed by atoms with van der Waals surface area (Å²) in [6, 6.07) is 15.8. The lowest BCUT2D eigenvalue weighted by Crippen LogP contribution is -2.53. The topological polar surface area (TPSA) is 66.9 Å². The van der Waals surface area contributed by atoms with E-state index in [1.165, 1.54) is 4.90 Å². The van der Waals surface area contributed by atoms with Crippen LogP contribution in [0.15, 0.2) is 48.5 Å². The molecule has 2 bridgehead atoms. The molecule has 0 radical (unpaired) electrons. The van der Waals surface area contributed by atoms with Gasteiger partial charge < -0.3 is 9.64 Å². The number of likely N-dealkylation sites (tertiary alicyclic amines) is 1. The second-order valence-electron chi connectivity index (χ2n) is 9.91. The highest BCUT2D eigenvalue weighted by Gasteiger charge is 2.63. The Morgan fingerprint density at radius 2 is 1.35 bits per heavy atom. The molecular formula is C28H30N2O4. The third kappa shape index (κ3) is 3.01. The molecule has 5 aliphatic rings. The Morgan fingerprint density at radius 1 is 0.882 bits per heavy atom. The molecule has 34 heavy (non-hydrogen) atoms. The summed E-state index contributed by atoms with van der Waals surface area (Å²) in [5.74, 6) is -1.62. The zero-order valence-electron chi connectivity index (χ0n) is 19.5. The van der Waals surface area contributed by atoms with Crippen molar-refractivity contribution >= 4 is 17.7 Å². The molecule has 0 unspecified atom stereocenters. The van der Waals surface area contributed by atoms with Gasteiger partial charge in [0.15, 0.2) is 0 Å². The number of carbonyl (C=O) groups is 3. The van der Waals surface area contributed by atoms with Gasteiger partial charge in [0.2, 0.25) is 17.7 Å². The van der Waals surface area contributed by atoms with E-state index in [0.717, 1.165) is 35.1 Å². The Bertz CT molecular complexity index is 1040. The summed E-state index contributed by atoms with van der Waals surface area (Å²) >= 11 is 0. The molecule has 0 aromatic heterocycles. The van der Waals surface area contributed by atoms with E-state index in [1.807, 2.05) is 24.3 Å². The molecule has 2 aromatic rings. The Labute approximate surface area is 199 Å². The van der Waals surface area contributed by atoms with Gasteiger partial charge in [0.25, 0.3) is 0 Å². The van der Waals surface area contributed by atoms with E-state index < -0.39 is 17.9 Å². The molecule has 6 heteroatoms. The average molecular weight is 459 g/mol. The molecule has 3 amide bonds. The van der Waals surface area contributed by atoms with E-state index in [2.05, 4.69) is 31.2 Å². The minimum Gasteiger partial charge on any atom is -0.378 e. The zero-order valence-corrected chi connectivity index (χ0v) is 19.5. The number of ether oxygens (including phenoxy) is 1. The monoisotopic (exact) mass is 458 g/mol. The summed E-state index contributed by atoms with van der Waals surface area (Å²) in [5, 5.41) is 0. The number of hydrogen-bond acceptors (Lipinski definition) is 4. The molecule has 3 atom stereocenters. The molecule has 2 aliphatic heterocycles. The highest BCUT2D eigenvalue weighted by atomic mass is 16.5. The smallest absolute Gasteiger partial charge is 0.246 e. The Hall–Kier alpha value is -2.99. The summed E-state index contributed by atoms with van der Waals surface area (Å²) in [7, 11) is 0. The fourth-order valence-electron chi connectivity index (χ4n) is 6.76. The second kappa shape index (κ2) is 8.35. The van der Waals surface area contributed by atoms with Gasteiger partial charge in [0.1, 0.15) is 6.04 Å². The number of unbranched alkanes of at least 4 members (excludes halogenated alkanes) is 1. The maximum atomic E-state index is 14.1. The fraction of sp³-hybridized carbons (Fsp3) is 0.464. The number of hydrogen-bond donors (Lipinski definition) is 0. The summed E-state index contributed by atoms with van der Waals surface area (Å²) in [6.07, 6.45) is 2.21. The van der Waals surface area contributed by atoms with E-state index in [0.29, 0.717) is 32.7 Å². The molecule has 6 nitrogen and oxygen atoms in total. The van der Waals surface area contributed by atoms with Crippen LogP contribution in [0.2, 0.25) is 0 Å². The van der Waals surface area contributed by atoms with Crippen molar-refractivity contribution in [1.82, 2.24) is 9.80 Å². The van der Waals surface area contributed by atoms with Crippen LogP contribution in [0, 0.1) is 11.8 Å². The molecule has 2 fully saturated rings. The van der Waals surface area contributed by atoms with Crippen LogP contribution < -0.4 is 0 Å². The second-order valence-corrected chi connectivity index (χ2v) is 9.91. The molecule has 2 saturated heterocycles. The third-order valence-electron chi connectivity index (χ3n) is 8.23. The first-order valence-electron chi connectivity index (χ1n) is 12.5. The van der Waals surface area contributed by atoms with Crippen molar-refractivity contribution < 1.29 is 19.1 Å². The molecule has 0 N–H and O–H groups in total. The first-order chi connectivity index (χ1) is 16.6. The average Bonchev–Trinajstić information content (AvgIpc) is 3.15. The van der Waals surface area contributed by atoms with E-state index in [-0.39, 0.29) is 29.6 Å². The Balaban J connectivity index is 1.42. The Kier molecular flexibility index (Phi) is 5.29. The van der Waals surface area contributed by atoms with E-state index >= 15 is 0 Å². The van der Waals surface area contributed by atoms with Crippen LogP contribution >= 0.6 is 0 Å². The fourth-order valence-corrected chi connectivity index (χ4v) is 6.76. The van der Waals surface area contributed by atoms with Crippen molar-refractivity contribution in [2.24, 2.45) is 11.8 Å². The minimum atomic E-state index is -0.728. The van der Waals surface area contributed by atoms with E-state index in [4.69, 9.17) is 4.74 Å². The molecule has 7 rings (SSSR count). The predicted molar refractivity (Wildman–Crippen MR) is 126 cm³/mol. The molecule has 176 valence electrons. The number of rotatable bonds is 5. The van der Waals surface area contributed by atoms with Gasteiger partial charge in [-0.05, 0) is 28.7 Å². The zero-order chi connectivity index (χ0) is 23.4. The lowest BCUT2D eigenvalue weighted by molar-refractivity contribution is -0.153. The quantitative estimate of drug-likeness (QED) is 0.645.